The van der Waals surface area contributed by atoms with Crippen LogP contribution >= 0.6 is 0 Å². The highest BCUT2D eigenvalue weighted by atomic mass is 16.5. The molecule has 1 saturated carbocycles. The van der Waals surface area contributed by atoms with Crippen LogP contribution in [0.2, 0.25) is 0 Å². The molecule has 3 rings (SSSR count). The van der Waals surface area contributed by atoms with E-state index in [1.54, 1.807) is 17.9 Å². The number of hydrogen-bond acceptors (Lipinski definition) is 3. The van der Waals surface area contributed by atoms with Gasteiger partial charge in [-0.3, -0.25) is 9.59 Å². The predicted molar refractivity (Wildman–Crippen MR) is 76.5 cm³/mol. The van der Waals surface area contributed by atoms with Gasteiger partial charge in [0.1, 0.15) is 5.75 Å². The molecule has 0 saturated heterocycles. The molecular weight excluding hydrogens is 270 g/mol. The summed E-state index contributed by atoms with van der Waals surface area (Å²) in [6.45, 7) is 2.57. The third kappa shape index (κ3) is 2.86. The molecule has 0 unspecified atom stereocenters. The Bertz CT molecular complexity index is 580. The monoisotopic (exact) mass is 289 g/mol. The van der Waals surface area contributed by atoms with Gasteiger partial charge in [-0.05, 0) is 36.6 Å². The van der Waals surface area contributed by atoms with Gasteiger partial charge in [-0.1, -0.05) is 6.92 Å². The van der Waals surface area contributed by atoms with Gasteiger partial charge in [-0.2, -0.15) is 0 Å². The van der Waals surface area contributed by atoms with Gasteiger partial charge < -0.3 is 14.7 Å². The van der Waals surface area contributed by atoms with Gasteiger partial charge in [0.25, 0.3) is 5.91 Å². The molecule has 1 fully saturated rings. The summed E-state index contributed by atoms with van der Waals surface area (Å²) >= 11 is 0. The molecule has 5 nitrogen and oxygen atoms in total. The Morgan fingerprint density at radius 2 is 2.19 bits per heavy atom. The zero-order valence-corrected chi connectivity index (χ0v) is 12.0. The topological polar surface area (TPSA) is 66.8 Å². The average Bonchev–Trinajstić information content (AvgIpc) is 3.20. The van der Waals surface area contributed by atoms with Crippen molar-refractivity contribution in [2.24, 2.45) is 5.92 Å². The fourth-order valence-corrected chi connectivity index (χ4v) is 2.64. The van der Waals surface area contributed by atoms with Crippen LogP contribution in [0.1, 0.15) is 35.7 Å². The molecule has 0 aromatic heterocycles. The number of fused-ring (bicyclic) bond motifs is 1. The molecule has 112 valence electrons. The van der Waals surface area contributed by atoms with Gasteiger partial charge in [-0.15, -0.1) is 0 Å². The number of carbonyl (C=O) groups excluding carboxylic acids is 1. The number of hydrogen-bond donors (Lipinski definition) is 1. The van der Waals surface area contributed by atoms with Crippen molar-refractivity contribution in [1.29, 1.82) is 0 Å². The van der Waals surface area contributed by atoms with Crippen molar-refractivity contribution in [2.75, 3.05) is 13.2 Å². The molecule has 1 aliphatic heterocycles. The second kappa shape index (κ2) is 5.39. The molecule has 0 spiro atoms. The van der Waals surface area contributed by atoms with E-state index in [1.165, 1.54) is 0 Å². The van der Waals surface area contributed by atoms with Crippen LogP contribution in [0.5, 0.6) is 5.75 Å². The summed E-state index contributed by atoms with van der Waals surface area (Å²) in [6.07, 6.45) is 2.75. The van der Waals surface area contributed by atoms with Gasteiger partial charge in [-0.25, -0.2) is 0 Å². The van der Waals surface area contributed by atoms with Crippen molar-refractivity contribution in [3.8, 4) is 5.75 Å². The molecule has 0 bridgehead atoms. The molecule has 1 amide bonds. The second-order valence-electron chi connectivity index (χ2n) is 5.85. The zero-order chi connectivity index (χ0) is 15.0. The molecule has 0 radical (unpaired) electrons. The summed E-state index contributed by atoms with van der Waals surface area (Å²) in [5, 5.41) is 9.06. The van der Waals surface area contributed by atoms with Crippen LogP contribution in [-0.2, 0) is 11.2 Å². The molecule has 1 N–H and O–H groups in total. The Kier molecular flexibility index (Phi) is 3.57. The van der Waals surface area contributed by atoms with E-state index in [0.29, 0.717) is 12.2 Å². The van der Waals surface area contributed by atoms with E-state index in [2.05, 4.69) is 0 Å². The maximum absolute atomic E-state index is 12.7. The van der Waals surface area contributed by atoms with E-state index in [0.717, 1.165) is 30.6 Å². The number of carboxylic acids is 1. The number of ether oxygens (including phenoxy) is 1. The maximum Gasteiger partial charge on any atom is 0.308 e. The van der Waals surface area contributed by atoms with Gasteiger partial charge in [0.15, 0.2) is 0 Å². The lowest BCUT2D eigenvalue weighted by Crippen LogP contribution is -2.38. The van der Waals surface area contributed by atoms with Gasteiger partial charge >= 0.3 is 5.97 Å². The van der Waals surface area contributed by atoms with E-state index in [9.17, 15) is 9.59 Å². The summed E-state index contributed by atoms with van der Waals surface area (Å²) in [5.41, 5.74) is 1.69. The summed E-state index contributed by atoms with van der Waals surface area (Å²) < 4.78 is 5.45. The summed E-state index contributed by atoms with van der Waals surface area (Å²) in [5.74, 6) is -0.633. The van der Waals surface area contributed by atoms with Crippen molar-refractivity contribution >= 4 is 11.9 Å². The number of carboxylic acid groups (broad SMARTS) is 1. The van der Waals surface area contributed by atoms with Gasteiger partial charge in [0, 0.05) is 24.6 Å². The van der Waals surface area contributed by atoms with Crippen molar-refractivity contribution in [3.63, 3.8) is 0 Å². The summed E-state index contributed by atoms with van der Waals surface area (Å²) in [6, 6.07) is 5.68. The number of nitrogens with zero attached hydrogens (tertiary/aromatic N) is 1. The number of aliphatic carboxylic acids is 1. The molecule has 21 heavy (non-hydrogen) atoms. The molecule has 1 aromatic carbocycles. The van der Waals surface area contributed by atoms with E-state index < -0.39 is 11.9 Å². The molecule has 5 heteroatoms. The normalized spacial score (nSPS) is 17.8. The first-order valence-electron chi connectivity index (χ1n) is 7.36. The maximum atomic E-state index is 12.7. The molecule has 1 aliphatic carbocycles. The Morgan fingerprint density at radius 3 is 2.86 bits per heavy atom. The highest BCUT2D eigenvalue weighted by Crippen LogP contribution is 2.31. The molecule has 1 heterocycles. The highest BCUT2D eigenvalue weighted by molar-refractivity contribution is 5.95. The minimum absolute atomic E-state index is 0.0692. The molecular formula is C16H19NO4. The Balaban J connectivity index is 1.79. The van der Waals surface area contributed by atoms with Crippen LogP contribution in [-0.4, -0.2) is 41.1 Å². The summed E-state index contributed by atoms with van der Waals surface area (Å²) in [4.78, 5) is 25.4. The van der Waals surface area contributed by atoms with Gasteiger partial charge in [0.05, 0.1) is 12.5 Å². The quantitative estimate of drug-likeness (QED) is 0.899. The lowest BCUT2D eigenvalue weighted by molar-refractivity contribution is -0.141. The van der Waals surface area contributed by atoms with Crippen LogP contribution in [0.3, 0.4) is 0 Å². The van der Waals surface area contributed by atoms with Gasteiger partial charge in [0.2, 0.25) is 0 Å². The first-order valence-corrected chi connectivity index (χ1v) is 7.36. The van der Waals surface area contributed by atoms with E-state index >= 15 is 0 Å². The van der Waals surface area contributed by atoms with Crippen LogP contribution in [0.25, 0.3) is 0 Å². The second-order valence-corrected chi connectivity index (χ2v) is 5.85. The minimum Gasteiger partial charge on any atom is -0.493 e. The number of carbonyl (C=O) groups is 2. The van der Waals surface area contributed by atoms with E-state index in [-0.39, 0.29) is 18.5 Å². The molecule has 2 aliphatic rings. The SMILES string of the molecule is C[C@H](CN(C(=O)c1ccc2c(c1)CCO2)C1CC1)C(=O)O. The first-order chi connectivity index (χ1) is 10.1. The Hall–Kier alpha value is -2.04. The third-order valence-electron chi connectivity index (χ3n) is 4.08. The van der Waals surface area contributed by atoms with Crippen molar-refractivity contribution in [1.82, 2.24) is 4.90 Å². The van der Waals surface area contributed by atoms with Crippen LogP contribution < -0.4 is 4.74 Å². The molecule has 1 atom stereocenters. The van der Waals surface area contributed by atoms with Crippen LogP contribution in [0.15, 0.2) is 18.2 Å². The predicted octanol–water partition coefficient (Wildman–Crippen LogP) is 1.95. The van der Waals surface area contributed by atoms with Crippen LogP contribution in [0, 0.1) is 5.92 Å². The van der Waals surface area contributed by atoms with Crippen molar-refractivity contribution in [2.45, 2.75) is 32.2 Å². The minimum atomic E-state index is -0.865. The van der Waals surface area contributed by atoms with Crippen molar-refractivity contribution < 1.29 is 19.4 Å². The average molecular weight is 289 g/mol. The van der Waals surface area contributed by atoms with Crippen LogP contribution in [0.4, 0.5) is 0 Å². The van der Waals surface area contributed by atoms with E-state index in [4.69, 9.17) is 9.84 Å². The Labute approximate surface area is 123 Å². The highest BCUT2D eigenvalue weighted by Gasteiger charge is 2.35. The Morgan fingerprint density at radius 1 is 1.43 bits per heavy atom. The summed E-state index contributed by atoms with van der Waals surface area (Å²) in [7, 11) is 0. The fourth-order valence-electron chi connectivity index (χ4n) is 2.64. The molecule has 1 aromatic rings. The number of amides is 1. The first kappa shape index (κ1) is 13.9. The lowest BCUT2D eigenvalue weighted by Gasteiger charge is -2.24. The third-order valence-corrected chi connectivity index (χ3v) is 4.08. The lowest BCUT2D eigenvalue weighted by atomic mass is 10.1. The van der Waals surface area contributed by atoms with E-state index in [1.807, 2.05) is 12.1 Å². The number of benzene rings is 1. The number of rotatable bonds is 5. The smallest absolute Gasteiger partial charge is 0.308 e. The van der Waals surface area contributed by atoms with Crippen molar-refractivity contribution in [3.05, 3.63) is 29.3 Å². The zero-order valence-electron chi connectivity index (χ0n) is 12.0. The fraction of sp³-hybridized carbons (Fsp3) is 0.500. The largest absolute Gasteiger partial charge is 0.493 e. The standard InChI is InChI=1S/C16H19NO4/c1-10(16(19)20)9-17(13-3-4-13)15(18)12-2-5-14-11(8-12)6-7-21-14/h2,5,8,10,13H,3-4,6-7,9H2,1H3,(H,19,20)/t10-/m1/s1.